The SMILES string of the molecule is CCN(CC(=O)Nc1ccc(OC)cc1)C(=O)c1ccc(OC(F)F)cc1. The van der Waals surface area contributed by atoms with E-state index in [9.17, 15) is 18.4 Å². The number of ether oxygens (including phenoxy) is 2. The van der Waals surface area contributed by atoms with E-state index in [-0.39, 0.29) is 29.7 Å². The summed E-state index contributed by atoms with van der Waals surface area (Å²) in [5, 5.41) is 2.70. The second-order valence-electron chi connectivity index (χ2n) is 5.50. The molecule has 0 heterocycles. The molecule has 6 nitrogen and oxygen atoms in total. The Morgan fingerprint density at radius 1 is 1.04 bits per heavy atom. The summed E-state index contributed by atoms with van der Waals surface area (Å²) in [6.45, 7) is -1.02. The highest BCUT2D eigenvalue weighted by Crippen LogP contribution is 2.17. The van der Waals surface area contributed by atoms with Crippen LogP contribution in [-0.2, 0) is 4.79 Å². The first-order chi connectivity index (χ1) is 12.9. The monoisotopic (exact) mass is 378 g/mol. The van der Waals surface area contributed by atoms with Crippen LogP contribution in [0.3, 0.4) is 0 Å². The molecular formula is C19H20F2N2O4. The number of likely N-dealkylation sites (N-methyl/N-ethyl adjacent to an activating group) is 1. The van der Waals surface area contributed by atoms with Gasteiger partial charge < -0.3 is 19.7 Å². The Bertz CT molecular complexity index is 764. The molecule has 0 bridgehead atoms. The Balaban J connectivity index is 1.98. The van der Waals surface area contributed by atoms with E-state index in [0.29, 0.717) is 18.0 Å². The molecule has 0 radical (unpaired) electrons. The van der Waals surface area contributed by atoms with Gasteiger partial charge in [-0.3, -0.25) is 9.59 Å². The van der Waals surface area contributed by atoms with E-state index >= 15 is 0 Å². The highest BCUT2D eigenvalue weighted by Gasteiger charge is 2.18. The zero-order chi connectivity index (χ0) is 19.8. The topological polar surface area (TPSA) is 67.9 Å². The van der Waals surface area contributed by atoms with Crippen molar-refractivity contribution in [2.24, 2.45) is 0 Å². The zero-order valence-electron chi connectivity index (χ0n) is 14.9. The van der Waals surface area contributed by atoms with Gasteiger partial charge in [-0.05, 0) is 55.5 Å². The number of nitrogens with zero attached hydrogens (tertiary/aromatic N) is 1. The fourth-order valence-electron chi connectivity index (χ4n) is 2.34. The number of hydrogen-bond acceptors (Lipinski definition) is 4. The van der Waals surface area contributed by atoms with Crippen molar-refractivity contribution >= 4 is 17.5 Å². The summed E-state index contributed by atoms with van der Waals surface area (Å²) < 4.78 is 33.7. The van der Waals surface area contributed by atoms with Gasteiger partial charge in [-0.25, -0.2) is 0 Å². The molecule has 0 atom stereocenters. The number of carbonyl (C=O) groups excluding carboxylic acids is 2. The predicted octanol–water partition coefficient (Wildman–Crippen LogP) is 3.40. The smallest absolute Gasteiger partial charge is 0.387 e. The maximum Gasteiger partial charge on any atom is 0.387 e. The molecule has 0 unspecified atom stereocenters. The minimum atomic E-state index is -2.93. The van der Waals surface area contributed by atoms with Crippen molar-refractivity contribution in [3.63, 3.8) is 0 Å². The number of nitrogens with one attached hydrogen (secondary N) is 1. The average Bonchev–Trinajstić information content (AvgIpc) is 2.66. The molecule has 2 rings (SSSR count). The molecule has 0 aromatic heterocycles. The normalized spacial score (nSPS) is 10.4. The summed E-state index contributed by atoms with van der Waals surface area (Å²) in [6, 6.07) is 12.1. The lowest BCUT2D eigenvalue weighted by molar-refractivity contribution is -0.116. The number of hydrogen-bond donors (Lipinski definition) is 1. The molecule has 0 fully saturated rings. The number of rotatable bonds is 8. The first-order valence-corrected chi connectivity index (χ1v) is 8.21. The van der Waals surface area contributed by atoms with E-state index in [4.69, 9.17) is 4.74 Å². The fourth-order valence-corrected chi connectivity index (χ4v) is 2.34. The van der Waals surface area contributed by atoms with Gasteiger partial charge in [0.1, 0.15) is 18.0 Å². The summed E-state index contributed by atoms with van der Waals surface area (Å²) in [4.78, 5) is 26.1. The molecule has 0 aliphatic heterocycles. The molecule has 0 saturated heterocycles. The second kappa shape index (κ2) is 9.51. The predicted molar refractivity (Wildman–Crippen MR) is 96.3 cm³/mol. The van der Waals surface area contributed by atoms with Gasteiger partial charge in [0.2, 0.25) is 5.91 Å². The lowest BCUT2D eigenvalue weighted by Gasteiger charge is -2.20. The molecule has 2 amide bonds. The van der Waals surface area contributed by atoms with Gasteiger partial charge in [-0.15, -0.1) is 0 Å². The van der Waals surface area contributed by atoms with Crippen LogP contribution >= 0.6 is 0 Å². The number of alkyl halides is 2. The maximum atomic E-state index is 12.5. The number of anilines is 1. The maximum absolute atomic E-state index is 12.5. The van der Waals surface area contributed by atoms with Crippen molar-refractivity contribution in [1.82, 2.24) is 4.90 Å². The van der Waals surface area contributed by atoms with Crippen molar-refractivity contribution in [2.45, 2.75) is 13.5 Å². The summed E-state index contributed by atoms with van der Waals surface area (Å²) in [5.74, 6) is -0.113. The standard InChI is InChI=1S/C19H20F2N2O4/c1-3-23(12-17(24)22-14-6-10-15(26-2)11-7-14)18(25)13-4-8-16(9-5-13)27-19(20)21/h4-11,19H,3,12H2,1-2H3,(H,22,24). The largest absolute Gasteiger partial charge is 0.497 e. The third kappa shape index (κ3) is 5.95. The molecular weight excluding hydrogens is 358 g/mol. The highest BCUT2D eigenvalue weighted by atomic mass is 19.3. The summed E-state index contributed by atoms with van der Waals surface area (Å²) in [5.41, 5.74) is 0.855. The summed E-state index contributed by atoms with van der Waals surface area (Å²) in [7, 11) is 1.55. The Labute approximate surface area is 155 Å². The van der Waals surface area contributed by atoms with Crippen molar-refractivity contribution in [3.05, 3.63) is 54.1 Å². The van der Waals surface area contributed by atoms with E-state index in [1.54, 1.807) is 38.3 Å². The van der Waals surface area contributed by atoms with Crippen LogP contribution in [0.1, 0.15) is 17.3 Å². The van der Waals surface area contributed by atoms with Crippen LogP contribution in [0.15, 0.2) is 48.5 Å². The van der Waals surface area contributed by atoms with E-state index < -0.39 is 6.61 Å². The van der Waals surface area contributed by atoms with Crippen LogP contribution in [0, 0.1) is 0 Å². The van der Waals surface area contributed by atoms with Gasteiger partial charge in [-0.2, -0.15) is 8.78 Å². The summed E-state index contributed by atoms with van der Waals surface area (Å²) >= 11 is 0. The molecule has 27 heavy (non-hydrogen) atoms. The number of methoxy groups -OCH3 is 1. The Morgan fingerprint density at radius 2 is 1.63 bits per heavy atom. The quantitative estimate of drug-likeness (QED) is 0.765. The van der Waals surface area contributed by atoms with Crippen LogP contribution in [-0.4, -0.2) is 43.5 Å². The molecule has 0 spiro atoms. The van der Waals surface area contributed by atoms with Gasteiger partial charge in [0.05, 0.1) is 7.11 Å². The zero-order valence-corrected chi connectivity index (χ0v) is 14.9. The van der Waals surface area contributed by atoms with E-state index in [1.807, 2.05) is 0 Å². The minimum absolute atomic E-state index is 0.0400. The van der Waals surface area contributed by atoms with Gasteiger partial charge in [0, 0.05) is 17.8 Å². The van der Waals surface area contributed by atoms with Crippen molar-refractivity contribution in [2.75, 3.05) is 25.5 Å². The van der Waals surface area contributed by atoms with Crippen LogP contribution in [0.2, 0.25) is 0 Å². The van der Waals surface area contributed by atoms with E-state index in [2.05, 4.69) is 10.1 Å². The minimum Gasteiger partial charge on any atom is -0.497 e. The van der Waals surface area contributed by atoms with Crippen LogP contribution in [0.25, 0.3) is 0 Å². The van der Waals surface area contributed by atoms with Gasteiger partial charge in [0.15, 0.2) is 0 Å². The average molecular weight is 378 g/mol. The van der Waals surface area contributed by atoms with E-state index in [1.165, 1.54) is 29.2 Å². The van der Waals surface area contributed by atoms with Gasteiger partial charge >= 0.3 is 6.61 Å². The van der Waals surface area contributed by atoms with Gasteiger partial charge in [0.25, 0.3) is 5.91 Å². The van der Waals surface area contributed by atoms with Crippen molar-refractivity contribution in [1.29, 1.82) is 0 Å². The van der Waals surface area contributed by atoms with E-state index in [0.717, 1.165) is 0 Å². The fraction of sp³-hybridized carbons (Fsp3) is 0.263. The molecule has 144 valence electrons. The lowest BCUT2D eigenvalue weighted by Crippen LogP contribution is -2.37. The molecule has 2 aromatic rings. The molecule has 8 heteroatoms. The third-order valence-electron chi connectivity index (χ3n) is 3.70. The Kier molecular flexibility index (Phi) is 7.10. The highest BCUT2D eigenvalue weighted by molar-refractivity contribution is 5.99. The molecule has 0 aliphatic carbocycles. The second-order valence-corrected chi connectivity index (χ2v) is 5.50. The van der Waals surface area contributed by atoms with Crippen LogP contribution in [0.4, 0.5) is 14.5 Å². The molecule has 2 aromatic carbocycles. The van der Waals surface area contributed by atoms with Crippen LogP contribution in [0.5, 0.6) is 11.5 Å². The van der Waals surface area contributed by atoms with Gasteiger partial charge in [-0.1, -0.05) is 0 Å². The molecule has 0 saturated carbocycles. The number of benzene rings is 2. The Hall–Kier alpha value is -3.16. The van der Waals surface area contributed by atoms with Crippen molar-refractivity contribution in [3.8, 4) is 11.5 Å². The molecule has 0 aliphatic rings. The lowest BCUT2D eigenvalue weighted by atomic mass is 10.2. The van der Waals surface area contributed by atoms with Crippen molar-refractivity contribution < 1.29 is 27.8 Å². The molecule has 1 N–H and O–H groups in total. The Morgan fingerprint density at radius 3 is 2.15 bits per heavy atom. The first-order valence-electron chi connectivity index (χ1n) is 8.21. The first kappa shape index (κ1) is 20.2. The third-order valence-corrected chi connectivity index (χ3v) is 3.70. The number of carbonyl (C=O) groups is 2. The van der Waals surface area contributed by atoms with Crippen LogP contribution < -0.4 is 14.8 Å². The summed E-state index contributed by atoms with van der Waals surface area (Å²) in [6.07, 6.45) is 0. The number of halogens is 2. The number of amides is 2.